The number of para-hydroxylation sites is 1. The summed E-state index contributed by atoms with van der Waals surface area (Å²) >= 11 is 3.47. The smallest absolute Gasteiger partial charge is 0.156 e. The molecule has 0 radical (unpaired) electrons. The SMILES string of the molecule is Nc1cccc(Br)c1OCCC1CCCCC1. The highest BCUT2D eigenvalue weighted by molar-refractivity contribution is 9.10. The number of ether oxygens (including phenoxy) is 1. The fourth-order valence-corrected chi connectivity index (χ4v) is 2.98. The number of nitrogen functional groups attached to an aromatic ring is 1. The number of anilines is 1. The van der Waals surface area contributed by atoms with Gasteiger partial charge in [-0.3, -0.25) is 0 Å². The lowest BCUT2D eigenvalue weighted by molar-refractivity contribution is 0.246. The first-order valence-corrected chi connectivity index (χ1v) is 7.23. The van der Waals surface area contributed by atoms with Gasteiger partial charge >= 0.3 is 0 Å². The molecule has 0 unspecified atom stereocenters. The molecule has 0 spiro atoms. The Labute approximate surface area is 112 Å². The third kappa shape index (κ3) is 3.63. The molecule has 0 amide bonds. The maximum absolute atomic E-state index is 5.89. The molecule has 3 heteroatoms. The van der Waals surface area contributed by atoms with Gasteiger partial charge in [0, 0.05) is 0 Å². The third-order valence-corrected chi connectivity index (χ3v) is 4.12. The second-order valence-corrected chi connectivity index (χ2v) is 5.65. The lowest BCUT2D eigenvalue weighted by Crippen LogP contribution is -2.11. The highest BCUT2D eigenvalue weighted by atomic mass is 79.9. The van der Waals surface area contributed by atoms with E-state index in [2.05, 4.69) is 15.9 Å². The van der Waals surface area contributed by atoms with E-state index in [-0.39, 0.29) is 0 Å². The molecule has 2 nitrogen and oxygen atoms in total. The summed E-state index contributed by atoms with van der Waals surface area (Å²) in [6, 6.07) is 5.76. The lowest BCUT2D eigenvalue weighted by atomic mass is 9.87. The first-order chi connectivity index (χ1) is 8.27. The zero-order valence-electron chi connectivity index (χ0n) is 10.1. The predicted octanol–water partition coefficient (Wildman–Crippen LogP) is 4.38. The second kappa shape index (κ2) is 6.29. The Bertz CT molecular complexity index is 341. The van der Waals surface area contributed by atoms with Crippen molar-refractivity contribution in [3.05, 3.63) is 22.7 Å². The number of rotatable bonds is 4. The molecule has 17 heavy (non-hydrogen) atoms. The van der Waals surface area contributed by atoms with Crippen molar-refractivity contribution in [1.29, 1.82) is 0 Å². The number of hydrogen-bond donors (Lipinski definition) is 1. The van der Waals surface area contributed by atoms with Gasteiger partial charge in [0.15, 0.2) is 5.75 Å². The van der Waals surface area contributed by atoms with Gasteiger partial charge in [0.05, 0.1) is 16.8 Å². The molecule has 0 bridgehead atoms. The summed E-state index contributed by atoms with van der Waals surface area (Å²) in [5.41, 5.74) is 6.60. The molecule has 1 saturated carbocycles. The Balaban J connectivity index is 1.81. The van der Waals surface area contributed by atoms with Crippen molar-refractivity contribution < 1.29 is 4.74 Å². The van der Waals surface area contributed by atoms with E-state index in [1.807, 2.05) is 18.2 Å². The van der Waals surface area contributed by atoms with Gasteiger partial charge in [0.2, 0.25) is 0 Å². The summed E-state index contributed by atoms with van der Waals surface area (Å²) in [5, 5.41) is 0. The van der Waals surface area contributed by atoms with Gasteiger partial charge in [-0.15, -0.1) is 0 Å². The molecule has 1 fully saturated rings. The molecule has 2 rings (SSSR count). The van der Waals surface area contributed by atoms with Crippen LogP contribution < -0.4 is 10.5 Å². The van der Waals surface area contributed by atoms with Crippen LogP contribution in [0.2, 0.25) is 0 Å². The van der Waals surface area contributed by atoms with Crippen LogP contribution >= 0.6 is 15.9 Å². The number of nitrogens with two attached hydrogens (primary N) is 1. The van der Waals surface area contributed by atoms with E-state index in [9.17, 15) is 0 Å². The van der Waals surface area contributed by atoms with Crippen molar-refractivity contribution in [3.63, 3.8) is 0 Å². The molecule has 0 atom stereocenters. The predicted molar refractivity (Wildman–Crippen MR) is 75.2 cm³/mol. The highest BCUT2D eigenvalue weighted by Gasteiger charge is 2.13. The molecule has 0 saturated heterocycles. The summed E-state index contributed by atoms with van der Waals surface area (Å²) in [7, 11) is 0. The summed E-state index contributed by atoms with van der Waals surface area (Å²) in [4.78, 5) is 0. The van der Waals surface area contributed by atoms with E-state index in [4.69, 9.17) is 10.5 Å². The average molecular weight is 298 g/mol. The maximum atomic E-state index is 5.89. The molecular formula is C14H20BrNO. The van der Waals surface area contributed by atoms with Crippen molar-refractivity contribution in [2.45, 2.75) is 38.5 Å². The average Bonchev–Trinajstić information content (AvgIpc) is 2.34. The summed E-state index contributed by atoms with van der Waals surface area (Å²) in [6.07, 6.45) is 8.09. The third-order valence-electron chi connectivity index (χ3n) is 3.49. The summed E-state index contributed by atoms with van der Waals surface area (Å²) in [6.45, 7) is 0.775. The number of benzene rings is 1. The van der Waals surface area contributed by atoms with Gasteiger partial charge < -0.3 is 10.5 Å². The van der Waals surface area contributed by atoms with E-state index < -0.39 is 0 Å². The van der Waals surface area contributed by atoms with Crippen LogP contribution in [0.25, 0.3) is 0 Å². The van der Waals surface area contributed by atoms with Crippen LogP contribution in [0.5, 0.6) is 5.75 Å². The number of halogens is 1. The fourth-order valence-electron chi connectivity index (χ4n) is 2.48. The van der Waals surface area contributed by atoms with E-state index in [0.29, 0.717) is 5.69 Å². The van der Waals surface area contributed by atoms with E-state index in [1.54, 1.807) is 0 Å². The molecule has 1 aromatic rings. The first kappa shape index (κ1) is 12.7. The maximum Gasteiger partial charge on any atom is 0.156 e. The van der Waals surface area contributed by atoms with Gasteiger partial charge in [-0.1, -0.05) is 38.2 Å². The Morgan fingerprint density at radius 1 is 1.24 bits per heavy atom. The summed E-state index contributed by atoms with van der Waals surface area (Å²) in [5.74, 6) is 1.65. The molecule has 0 aliphatic heterocycles. The van der Waals surface area contributed by atoms with Gasteiger partial charge in [-0.2, -0.15) is 0 Å². The zero-order valence-corrected chi connectivity index (χ0v) is 11.7. The molecule has 0 aromatic heterocycles. The van der Waals surface area contributed by atoms with Crippen LogP contribution in [-0.2, 0) is 0 Å². The molecule has 2 N–H and O–H groups in total. The normalized spacial score (nSPS) is 17.0. The minimum absolute atomic E-state index is 0.711. The van der Waals surface area contributed by atoms with E-state index >= 15 is 0 Å². The Kier molecular flexibility index (Phi) is 4.72. The molecule has 0 heterocycles. The quantitative estimate of drug-likeness (QED) is 0.837. The van der Waals surface area contributed by atoms with Crippen LogP contribution in [0.3, 0.4) is 0 Å². The van der Waals surface area contributed by atoms with Crippen molar-refractivity contribution in [2.24, 2.45) is 5.92 Å². The molecule has 1 aliphatic carbocycles. The van der Waals surface area contributed by atoms with Crippen molar-refractivity contribution in [1.82, 2.24) is 0 Å². The van der Waals surface area contributed by atoms with Crippen LogP contribution in [0, 0.1) is 5.92 Å². The minimum Gasteiger partial charge on any atom is -0.490 e. The van der Waals surface area contributed by atoms with Gasteiger partial charge in [-0.25, -0.2) is 0 Å². The summed E-state index contributed by atoms with van der Waals surface area (Å²) < 4.78 is 6.74. The van der Waals surface area contributed by atoms with Gasteiger partial charge in [0.1, 0.15) is 0 Å². The van der Waals surface area contributed by atoms with E-state index in [1.165, 1.54) is 32.1 Å². The standard InChI is InChI=1S/C14H20BrNO/c15-12-7-4-8-13(16)14(12)17-10-9-11-5-2-1-3-6-11/h4,7-8,11H,1-3,5-6,9-10,16H2. The minimum atomic E-state index is 0.711. The lowest BCUT2D eigenvalue weighted by Gasteiger charge is -2.21. The van der Waals surface area contributed by atoms with Crippen LogP contribution in [0.15, 0.2) is 22.7 Å². The second-order valence-electron chi connectivity index (χ2n) is 4.80. The molecular weight excluding hydrogens is 278 g/mol. The molecule has 1 aromatic carbocycles. The van der Waals surface area contributed by atoms with Crippen LogP contribution in [-0.4, -0.2) is 6.61 Å². The van der Waals surface area contributed by atoms with Crippen LogP contribution in [0.4, 0.5) is 5.69 Å². The first-order valence-electron chi connectivity index (χ1n) is 6.44. The van der Waals surface area contributed by atoms with Crippen molar-refractivity contribution in [2.75, 3.05) is 12.3 Å². The van der Waals surface area contributed by atoms with Gasteiger partial charge in [-0.05, 0) is 40.4 Å². The Morgan fingerprint density at radius 2 is 2.00 bits per heavy atom. The monoisotopic (exact) mass is 297 g/mol. The molecule has 1 aliphatic rings. The Hall–Kier alpha value is -0.700. The largest absolute Gasteiger partial charge is 0.490 e. The molecule has 94 valence electrons. The van der Waals surface area contributed by atoms with Crippen molar-refractivity contribution in [3.8, 4) is 5.75 Å². The van der Waals surface area contributed by atoms with Crippen LogP contribution in [0.1, 0.15) is 38.5 Å². The van der Waals surface area contributed by atoms with E-state index in [0.717, 1.165) is 29.2 Å². The van der Waals surface area contributed by atoms with Gasteiger partial charge in [0.25, 0.3) is 0 Å². The highest BCUT2D eigenvalue weighted by Crippen LogP contribution is 2.32. The Morgan fingerprint density at radius 3 is 2.71 bits per heavy atom. The topological polar surface area (TPSA) is 35.2 Å². The zero-order chi connectivity index (χ0) is 12.1. The van der Waals surface area contributed by atoms with Crippen molar-refractivity contribution >= 4 is 21.6 Å². The number of hydrogen-bond acceptors (Lipinski definition) is 2. The fraction of sp³-hybridized carbons (Fsp3) is 0.571.